The van der Waals surface area contributed by atoms with Gasteiger partial charge in [-0.1, -0.05) is 12.1 Å². The van der Waals surface area contributed by atoms with Crippen LogP contribution in [-0.4, -0.2) is 39.2 Å². The Balaban J connectivity index is 1.28. The van der Waals surface area contributed by atoms with Gasteiger partial charge in [0.25, 0.3) is 11.8 Å². The molecule has 8 nitrogen and oxygen atoms in total. The third kappa shape index (κ3) is 4.84. The van der Waals surface area contributed by atoms with E-state index in [4.69, 9.17) is 9.15 Å². The van der Waals surface area contributed by atoms with Crippen LogP contribution in [0.15, 0.2) is 38.5 Å². The molecule has 2 heterocycles. The summed E-state index contributed by atoms with van der Waals surface area (Å²) in [5.74, 6) is -1.11. The van der Waals surface area contributed by atoms with Gasteiger partial charge in [0.05, 0.1) is 17.8 Å². The number of aryl methyl sites for hydroxylation is 1. The fraction of sp³-hybridized carbons (Fsp3) is 0.500. The van der Waals surface area contributed by atoms with E-state index in [9.17, 15) is 14.4 Å². The van der Waals surface area contributed by atoms with E-state index in [-0.39, 0.29) is 37.4 Å². The molecule has 0 unspecified atom stereocenters. The first-order valence-electron chi connectivity index (χ1n) is 9.90. The van der Waals surface area contributed by atoms with Crippen LogP contribution in [0.4, 0.5) is 0 Å². The normalized spacial score (nSPS) is 16.3. The maximum atomic E-state index is 12.6. The van der Waals surface area contributed by atoms with Gasteiger partial charge < -0.3 is 14.1 Å². The van der Waals surface area contributed by atoms with Crippen LogP contribution in [0.2, 0.25) is 0 Å². The molecule has 2 aliphatic carbocycles. The fourth-order valence-corrected chi connectivity index (χ4v) is 4.04. The van der Waals surface area contributed by atoms with Crippen LogP contribution in [0.3, 0.4) is 0 Å². The number of aromatic nitrogens is 2. The molecule has 2 aliphatic rings. The summed E-state index contributed by atoms with van der Waals surface area (Å²) in [7, 11) is 0. The van der Waals surface area contributed by atoms with E-state index in [1.165, 1.54) is 11.3 Å². The number of carbonyl (C=O) groups excluding carboxylic acids is 2. The van der Waals surface area contributed by atoms with Gasteiger partial charge in [-0.15, -0.1) is 16.4 Å². The zero-order chi connectivity index (χ0) is 20.2. The summed E-state index contributed by atoms with van der Waals surface area (Å²) in [6, 6.07) is 3.88. The van der Waals surface area contributed by atoms with Crippen LogP contribution in [0.1, 0.15) is 44.9 Å². The molecule has 0 aromatic carbocycles. The zero-order valence-corrected chi connectivity index (χ0v) is 16.9. The van der Waals surface area contributed by atoms with Crippen molar-refractivity contribution in [3.63, 3.8) is 0 Å². The quantitative estimate of drug-likeness (QED) is 0.613. The standard InChI is InChI=1S/C20H23N3O5S/c24-17(23(15-8-9-15)14-5-2-1-3-6-14)13-27-18(25)10-11-22-20(26)28-19(21-22)16-7-4-12-29-16/h4-5,7,12,15H,1-3,6,8-11,13H2. The number of nitrogens with zero attached hydrogens (tertiary/aromatic N) is 3. The number of carbonyl (C=O) groups is 2. The molecule has 0 radical (unpaired) electrons. The number of esters is 1. The molecule has 2 aromatic heterocycles. The number of rotatable bonds is 8. The summed E-state index contributed by atoms with van der Waals surface area (Å²) >= 11 is 1.41. The van der Waals surface area contributed by atoms with Crippen molar-refractivity contribution in [1.82, 2.24) is 14.7 Å². The molecule has 0 saturated heterocycles. The monoisotopic (exact) mass is 417 g/mol. The number of hydrogen-bond donors (Lipinski definition) is 0. The van der Waals surface area contributed by atoms with E-state index in [1.54, 1.807) is 6.07 Å². The second kappa shape index (κ2) is 8.77. The van der Waals surface area contributed by atoms with Gasteiger partial charge in [0, 0.05) is 11.7 Å². The summed E-state index contributed by atoms with van der Waals surface area (Å²) in [6.45, 7) is -0.237. The highest BCUT2D eigenvalue weighted by atomic mass is 32.1. The molecule has 0 spiro atoms. The number of thiophene rings is 1. The predicted octanol–water partition coefficient (Wildman–Crippen LogP) is 2.95. The predicted molar refractivity (Wildman–Crippen MR) is 106 cm³/mol. The van der Waals surface area contributed by atoms with Gasteiger partial charge in [-0.05, 0) is 50.0 Å². The molecule has 0 bridgehead atoms. The summed E-state index contributed by atoms with van der Waals surface area (Å²) in [4.78, 5) is 39.1. The van der Waals surface area contributed by atoms with E-state index < -0.39 is 11.7 Å². The smallest absolute Gasteiger partial charge is 0.437 e. The maximum absolute atomic E-state index is 12.6. The SMILES string of the molecule is O=C(CCn1nc(-c2cccs2)oc1=O)OCC(=O)N(C1=CCCCC1)C1CC1. The molecular weight excluding hydrogens is 394 g/mol. The van der Waals surface area contributed by atoms with E-state index in [2.05, 4.69) is 11.2 Å². The van der Waals surface area contributed by atoms with Crippen molar-refractivity contribution in [3.05, 3.63) is 39.8 Å². The molecule has 0 N–H and O–H groups in total. The number of ether oxygens (including phenoxy) is 1. The average molecular weight is 417 g/mol. The minimum atomic E-state index is -0.624. The fourth-order valence-electron chi connectivity index (χ4n) is 3.40. The zero-order valence-electron chi connectivity index (χ0n) is 16.0. The second-order valence-electron chi connectivity index (χ2n) is 7.22. The van der Waals surface area contributed by atoms with Crippen LogP contribution in [0.5, 0.6) is 0 Å². The molecule has 0 aliphatic heterocycles. The molecule has 1 saturated carbocycles. The molecule has 4 rings (SSSR count). The van der Waals surface area contributed by atoms with Crippen LogP contribution in [-0.2, 0) is 20.9 Å². The first-order chi connectivity index (χ1) is 14.1. The Hall–Kier alpha value is -2.68. The number of allylic oxidation sites excluding steroid dienone is 2. The van der Waals surface area contributed by atoms with Crippen molar-refractivity contribution in [1.29, 1.82) is 0 Å². The van der Waals surface area contributed by atoms with E-state index in [0.29, 0.717) is 0 Å². The van der Waals surface area contributed by atoms with Gasteiger partial charge in [0.15, 0.2) is 6.61 Å². The second-order valence-corrected chi connectivity index (χ2v) is 8.17. The molecule has 2 aromatic rings. The lowest BCUT2D eigenvalue weighted by atomic mass is 10.0. The first-order valence-corrected chi connectivity index (χ1v) is 10.8. The van der Waals surface area contributed by atoms with Gasteiger partial charge in [0.1, 0.15) is 0 Å². The summed E-state index contributed by atoms with van der Waals surface area (Å²) in [6.07, 6.45) is 8.20. The Kier molecular flexibility index (Phi) is 5.94. The van der Waals surface area contributed by atoms with E-state index in [1.807, 2.05) is 16.3 Å². The highest BCUT2D eigenvalue weighted by molar-refractivity contribution is 7.13. The topological polar surface area (TPSA) is 94.6 Å². The Morgan fingerprint density at radius 3 is 2.90 bits per heavy atom. The van der Waals surface area contributed by atoms with Gasteiger partial charge >= 0.3 is 11.7 Å². The van der Waals surface area contributed by atoms with E-state index >= 15 is 0 Å². The lowest BCUT2D eigenvalue weighted by Crippen LogP contribution is -2.36. The highest BCUT2D eigenvalue weighted by Gasteiger charge is 2.35. The van der Waals surface area contributed by atoms with Crippen LogP contribution in [0.25, 0.3) is 10.8 Å². The largest absolute Gasteiger partial charge is 0.455 e. The number of hydrogen-bond acceptors (Lipinski definition) is 7. The summed E-state index contributed by atoms with van der Waals surface area (Å²) in [5.41, 5.74) is 1.06. The Morgan fingerprint density at radius 2 is 2.21 bits per heavy atom. The van der Waals surface area contributed by atoms with Crippen molar-refractivity contribution in [2.24, 2.45) is 0 Å². The van der Waals surface area contributed by atoms with Gasteiger partial charge in [-0.3, -0.25) is 9.59 Å². The van der Waals surface area contributed by atoms with Crippen molar-refractivity contribution < 1.29 is 18.7 Å². The van der Waals surface area contributed by atoms with Crippen molar-refractivity contribution in [3.8, 4) is 10.8 Å². The minimum Gasteiger partial charge on any atom is -0.455 e. The molecular formula is C20H23N3O5S. The summed E-state index contributed by atoms with van der Waals surface area (Å²) in [5, 5.41) is 5.96. The maximum Gasteiger partial charge on any atom is 0.437 e. The first kappa shape index (κ1) is 19.6. The van der Waals surface area contributed by atoms with Crippen molar-refractivity contribution >= 4 is 23.2 Å². The third-order valence-electron chi connectivity index (χ3n) is 4.98. The minimum absolute atomic E-state index is 0.0399. The third-order valence-corrected chi connectivity index (χ3v) is 5.84. The van der Waals surface area contributed by atoms with Crippen LogP contribution in [0, 0.1) is 0 Å². The van der Waals surface area contributed by atoms with E-state index in [0.717, 1.165) is 53.8 Å². The van der Waals surface area contributed by atoms with Gasteiger partial charge in [0.2, 0.25) is 0 Å². The lowest BCUT2D eigenvalue weighted by molar-refractivity contribution is -0.151. The summed E-state index contributed by atoms with van der Waals surface area (Å²) < 4.78 is 11.4. The lowest BCUT2D eigenvalue weighted by Gasteiger charge is -2.27. The average Bonchev–Trinajstić information content (AvgIpc) is 3.25. The van der Waals surface area contributed by atoms with Gasteiger partial charge in [-0.25, -0.2) is 4.79 Å². The van der Waals surface area contributed by atoms with Crippen LogP contribution < -0.4 is 5.76 Å². The van der Waals surface area contributed by atoms with Crippen molar-refractivity contribution in [2.75, 3.05) is 6.61 Å². The molecule has 29 heavy (non-hydrogen) atoms. The Labute approximate surface area is 171 Å². The number of amides is 1. The molecule has 0 atom stereocenters. The Bertz CT molecular complexity index is 955. The Morgan fingerprint density at radius 1 is 1.34 bits per heavy atom. The van der Waals surface area contributed by atoms with Crippen molar-refractivity contribution in [2.45, 2.75) is 57.5 Å². The molecule has 9 heteroatoms. The van der Waals surface area contributed by atoms with Gasteiger partial charge in [-0.2, -0.15) is 4.68 Å². The molecule has 1 fully saturated rings. The molecule has 1 amide bonds. The highest BCUT2D eigenvalue weighted by Crippen LogP contribution is 2.33. The van der Waals surface area contributed by atoms with Crippen LogP contribution >= 0.6 is 11.3 Å². The molecule has 154 valence electrons.